The van der Waals surface area contributed by atoms with Crippen molar-refractivity contribution in [1.82, 2.24) is 0 Å². The second kappa shape index (κ2) is 7.38. The number of hydrogen-bond acceptors (Lipinski definition) is 2. The third kappa shape index (κ3) is 2.95. The third-order valence-corrected chi connectivity index (χ3v) is 13.9. The van der Waals surface area contributed by atoms with E-state index in [1.54, 1.807) is 12.5 Å². The van der Waals surface area contributed by atoms with Gasteiger partial charge in [0, 0.05) is 12.3 Å². The summed E-state index contributed by atoms with van der Waals surface area (Å²) in [6.07, 6.45) is 15.9. The van der Waals surface area contributed by atoms with Crippen LogP contribution in [0.3, 0.4) is 0 Å². The van der Waals surface area contributed by atoms with Crippen LogP contribution in [-0.4, -0.2) is 12.1 Å². The van der Waals surface area contributed by atoms with Crippen molar-refractivity contribution < 1.29 is 9.53 Å². The van der Waals surface area contributed by atoms with Gasteiger partial charge in [-0.25, -0.2) is 0 Å². The van der Waals surface area contributed by atoms with Gasteiger partial charge >= 0.3 is 5.97 Å². The van der Waals surface area contributed by atoms with Crippen molar-refractivity contribution in [3.8, 4) is 0 Å². The number of ether oxygens (including phenoxy) is 1. The lowest BCUT2D eigenvalue weighted by Crippen LogP contribution is -2.64. The molecule has 4 saturated carbocycles. The normalized spacial score (nSPS) is 51.1. The Labute approximate surface area is 210 Å². The summed E-state index contributed by atoms with van der Waals surface area (Å²) in [6.45, 7) is 22.2. The van der Waals surface area contributed by atoms with E-state index in [9.17, 15) is 4.79 Å². The molecule has 4 fully saturated rings. The van der Waals surface area contributed by atoms with E-state index in [0.717, 1.165) is 18.3 Å². The molecule has 0 aromatic heterocycles. The lowest BCUT2D eigenvalue weighted by molar-refractivity contribution is -0.207. The summed E-state index contributed by atoms with van der Waals surface area (Å²) in [4.78, 5) is 11.9. The maximum absolute atomic E-state index is 11.9. The Balaban J connectivity index is 1.53. The molecule has 34 heavy (non-hydrogen) atoms. The molecular formula is C32H52O2. The van der Waals surface area contributed by atoms with Gasteiger partial charge in [0.05, 0.1) is 0 Å². The number of rotatable bonds is 1. The van der Waals surface area contributed by atoms with E-state index in [2.05, 4.69) is 61.5 Å². The molecule has 192 valence electrons. The van der Waals surface area contributed by atoms with Gasteiger partial charge in [0.25, 0.3) is 0 Å². The molecule has 2 nitrogen and oxygen atoms in total. The number of hydrogen-bond donors (Lipinski definition) is 0. The molecule has 0 unspecified atom stereocenters. The van der Waals surface area contributed by atoms with Crippen LogP contribution in [0.2, 0.25) is 0 Å². The quantitative estimate of drug-likeness (QED) is 0.284. The predicted molar refractivity (Wildman–Crippen MR) is 140 cm³/mol. The molecule has 0 bridgehead atoms. The van der Waals surface area contributed by atoms with E-state index in [-0.39, 0.29) is 22.9 Å². The van der Waals surface area contributed by atoms with Gasteiger partial charge in [-0.3, -0.25) is 4.79 Å². The average Bonchev–Trinajstić information content (AvgIpc) is 2.73. The van der Waals surface area contributed by atoms with Crippen molar-refractivity contribution in [2.45, 2.75) is 133 Å². The van der Waals surface area contributed by atoms with E-state index >= 15 is 0 Å². The first kappa shape index (κ1) is 24.9. The number of esters is 1. The maximum Gasteiger partial charge on any atom is 0.302 e. The largest absolute Gasteiger partial charge is 0.462 e. The van der Waals surface area contributed by atoms with Crippen molar-refractivity contribution in [3.63, 3.8) is 0 Å². The van der Waals surface area contributed by atoms with Crippen molar-refractivity contribution >= 4 is 5.97 Å². The summed E-state index contributed by atoms with van der Waals surface area (Å²) in [5.74, 6) is 2.04. The number of carbonyl (C=O) groups excluding carboxylic acids is 1. The molecule has 5 rings (SSSR count). The molecule has 0 aliphatic heterocycles. The van der Waals surface area contributed by atoms with Crippen LogP contribution in [0.25, 0.3) is 0 Å². The summed E-state index contributed by atoms with van der Waals surface area (Å²) in [7, 11) is 0. The zero-order chi connectivity index (χ0) is 24.9. The summed E-state index contributed by atoms with van der Waals surface area (Å²) >= 11 is 0. The van der Waals surface area contributed by atoms with Gasteiger partial charge < -0.3 is 4.74 Å². The van der Waals surface area contributed by atoms with Crippen molar-refractivity contribution in [2.24, 2.45) is 50.2 Å². The lowest BCUT2D eigenvalue weighted by atomic mass is 9.32. The molecule has 0 aromatic rings. The second-order valence-electron chi connectivity index (χ2n) is 15.5. The highest BCUT2D eigenvalue weighted by Crippen LogP contribution is 2.76. The van der Waals surface area contributed by atoms with Crippen LogP contribution < -0.4 is 0 Å². The van der Waals surface area contributed by atoms with Crippen LogP contribution in [0.5, 0.6) is 0 Å². The Morgan fingerprint density at radius 2 is 1.47 bits per heavy atom. The Kier molecular flexibility index (Phi) is 5.40. The topological polar surface area (TPSA) is 26.3 Å². The van der Waals surface area contributed by atoms with Crippen molar-refractivity contribution in [3.05, 3.63) is 11.6 Å². The zero-order valence-electron chi connectivity index (χ0n) is 23.8. The van der Waals surface area contributed by atoms with Crippen LogP contribution in [0.15, 0.2) is 11.6 Å². The van der Waals surface area contributed by atoms with Crippen LogP contribution >= 0.6 is 0 Å². The summed E-state index contributed by atoms with van der Waals surface area (Å²) in [5, 5.41) is 0. The molecule has 2 heteroatoms. The second-order valence-corrected chi connectivity index (χ2v) is 15.5. The molecule has 0 spiro atoms. The highest BCUT2D eigenvalue weighted by atomic mass is 16.5. The number of allylic oxidation sites excluding steroid dienone is 2. The molecule has 0 N–H and O–H groups in total. The van der Waals surface area contributed by atoms with E-state index in [1.165, 1.54) is 57.8 Å². The molecule has 0 amide bonds. The minimum atomic E-state index is -0.115. The minimum absolute atomic E-state index is 0.0324. The van der Waals surface area contributed by atoms with Crippen LogP contribution in [-0.2, 0) is 9.53 Å². The molecule has 8 atom stereocenters. The van der Waals surface area contributed by atoms with Gasteiger partial charge in [0.15, 0.2) is 0 Å². The highest BCUT2D eigenvalue weighted by molar-refractivity contribution is 5.66. The molecule has 0 radical (unpaired) electrons. The van der Waals surface area contributed by atoms with Crippen LogP contribution in [0.4, 0.5) is 0 Å². The fraction of sp³-hybridized carbons (Fsp3) is 0.906. The zero-order valence-corrected chi connectivity index (χ0v) is 23.8. The smallest absolute Gasteiger partial charge is 0.302 e. The minimum Gasteiger partial charge on any atom is -0.462 e. The van der Waals surface area contributed by atoms with Crippen molar-refractivity contribution in [2.75, 3.05) is 0 Å². The molecule has 5 aliphatic rings. The third-order valence-electron chi connectivity index (χ3n) is 13.9. The summed E-state index contributed by atoms with van der Waals surface area (Å²) in [6, 6.07) is 0. The Hall–Kier alpha value is -0.790. The lowest BCUT2D eigenvalue weighted by Gasteiger charge is -2.72. The van der Waals surface area contributed by atoms with Gasteiger partial charge in [0.1, 0.15) is 6.10 Å². The first-order valence-corrected chi connectivity index (χ1v) is 14.5. The standard InChI is InChI=1S/C32H52O2/c1-21(33)34-26-15-17-29(6)22-14-18-32(9)25-11-10-16-27(2,3)31(25,8)20-19-30(32,7)23(22)12-13-24(29)28(26,4)5/h14,23-26H,10-13,15-20H2,1-9H3/t23-,24-,25+,26-,29+,30+,31-,32-/m0/s1. The number of carbonyl (C=O) groups is 1. The Morgan fingerprint density at radius 3 is 2.15 bits per heavy atom. The van der Waals surface area contributed by atoms with Gasteiger partial charge in [-0.05, 0) is 103 Å². The highest BCUT2D eigenvalue weighted by Gasteiger charge is 2.68. The fourth-order valence-electron chi connectivity index (χ4n) is 11.2. The van der Waals surface area contributed by atoms with Gasteiger partial charge in [-0.15, -0.1) is 0 Å². The van der Waals surface area contributed by atoms with E-state index < -0.39 is 0 Å². The van der Waals surface area contributed by atoms with Crippen LogP contribution in [0, 0.1) is 50.2 Å². The van der Waals surface area contributed by atoms with Crippen LogP contribution in [0.1, 0.15) is 127 Å². The fourth-order valence-corrected chi connectivity index (χ4v) is 11.2. The molecule has 5 aliphatic carbocycles. The number of fused-ring (bicyclic) bond motifs is 7. The predicted octanol–water partition coefficient (Wildman–Crippen LogP) is 8.74. The molecular weight excluding hydrogens is 416 g/mol. The Morgan fingerprint density at radius 1 is 0.794 bits per heavy atom. The van der Waals surface area contributed by atoms with Gasteiger partial charge in [-0.1, -0.05) is 73.5 Å². The van der Waals surface area contributed by atoms with E-state index in [0.29, 0.717) is 27.6 Å². The van der Waals surface area contributed by atoms with Gasteiger partial charge in [-0.2, -0.15) is 0 Å². The monoisotopic (exact) mass is 468 g/mol. The average molecular weight is 469 g/mol. The Bertz CT molecular complexity index is 897. The van der Waals surface area contributed by atoms with E-state index in [4.69, 9.17) is 4.74 Å². The summed E-state index contributed by atoms with van der Waals surface area (Å²) in [5.41, 5.74) is 3.81. The maximum atomic E-state index is 11.9. The van der Waals surface area contributed by atoms with Crippen molar-refractivity contribution in [1.29, 1.82) is 0 Å². The molecule has 0 saturated heterocycles. The van der Waals surface area contributed by atoms with Gasteiger partial charge in [0.2, 0.25) is 0 Å². The SMILES string of the molecule is CC(=O)O[C@H]1CC[C@]2(C)C3=CC[C@@]4(C)[C@@H]5CCCC(C)(C)[C@@]5(C)CC[C@]4(C)[C@H]3CC[C@H]2C1(C)C. The molecule has 0 heterocycles. The first-order valence-electron chi connectivity index (χ1n) is 14.5. The summed E-state index contributed by atoms with van der Waals surface area (Å²) < 4.78 is 5.89. The van der Waals surface area contributed by atoms with E-state index in [1.807, 2.05) is 0 Å². The first-order chi connectivity index (χ1) is 15.6. The molecule has 0 aromatic carbocycles.